The first-order valence-electron chi connectivity index (χ1n) is 16.0. The summed E-state index contributed by atoms with van der Waals surface area (Å²) in [6, 6.07) is 0.313. The number of aliphatic hydroxyl groups excluding tert-OH is 1. The molecule has 1 saturated heterocycles. The zero-order chi connectivity index (χ0) is 27.5. The zero-order valence-corrected chi connectivity index (χ0v) is 25.1. The molecule has 1 aromatic heterocycles. The summed E-state index contributed by atoms with van der Waals surface area (Å²) >= 11 is 0. The van der Waals surface area contributed by atoms with Crippen LogP contribution < -0.4 is 4.90 Å². The molecule has 0 spiro atoms. The molecule has 216 valence electrons. The summed E-state index contributed by atoms with van der Waals surface area (Å²) in [5.41, 5.74) is 3.47. The standard InChI is InChI=1S/C33H52N4O2/c1-22(6-11-31(39)36-16-17-37(23(2)20-36)25-19-34-35(5)21-25)28-9-10-29-27-8-7-24-18-26(38)12-14-32(24,3)30(27)13-15-33(28,29)4/h7,19,21-23,26-30,38H,6,8-18,20H2,1-5H3/t22?,23-,26-,27-,28+,29-,30-,32-,33+/m0/s1. The van der Waals surface area contributed by atoms with Crippen LogP contribution in [0.4, 0.5) is 5.69 Å². The minimum Gasteiger partial charge on any atom is -0.393 e. The first kappa shape index (κ1) is 27.4. The van der Waals surface area contributed by atoms with Gasteiger partial charge in [-0.05, 0) is 105 Å². The highest BCUT2D eigenvalue weighted by molar-refractivity contribution is 5.76. The number of allylic oxidation sites excluding steroid dienone is 1. The summed E-state index contributed by atoms with van der Waals surface area (Å²) < 4.78 is 1.85. The molecule has 1 N–H and O–H groups in total. The number of carbonyl (C=O) groups is 1. The first-order chi connectivity index (χ1) is 18.6. The first-order valence-corrected chi connectivity index (χ1v) is 16.0. The molecule has 1 unspecified atom stereocenters. The van der Waals surface area contributed by atoms with E-state index in [1.807, 2.05) is 17.9 Å². The monoisotopic (exact) mass is 536 g/mol. The van der Waals surface area contributed by atoms with E-state index in [0.29, 0.717) is 35.1 Å². The maximum absolute atomic E-state index is 13.3. The maximum atomic E-state index is 13.3. The number of rotatable bonds is 5. The van der Waals surface area contributed by atoms with Crippen LogP contribution in [0.15, 0.2) is 24.0 Å². The SMILES string of the molecule is CC(CCC(=O)N1CCN(c2cnn(C)c2)[C@@H](C)C1)[C@H]1CC[C@H]2[C@@H]3CC=C4C[C@@H](O)CC[C@]4(C)[C@H]3CC[C@]12C. The second-order valence-corrected chi connectivity index (χ2v) is 14.7. The van der Waals surface area contributed by atoms with Gasteiger partial charge in [0.2, 0.25) is 5.91 Å². The summed E-state index contributed by atoms with van der Waals surface area (Å²) in [5.74, 6) is 4.12. The number of anilines is 1. The van der Waals surface area contributed by atoms with Crippen LogP contribution in [0.2, 0.25) is 0 Å². The van der Waals surface area contributed by atoms with Gasteiger partial charge >= 0.3 is 0 Å². The van der Waals surface area contributed by atoms with E-state index in [-0.39, 0.29) is 6.10 Å². The lowest BCUT2D eigenvalue weighted by Crippen LogP contribution is -2.53. The lowest BCUT2D eigenvalue weighted by molar-refractivity contribution is -0.132. The Bertz CT molecular complexity index is 1100. The molecular weight excluding hydrogens is 484 g/mol. The van der Waals surface area contributed by atoms with Crippen LogP contribution >= 0.6 is 0 Å². The molecule has 6 rings (SSSR count). The fraction of sp³-hybridized carbons (Fsp3) is 0.818. The third-order valence-electron chi connectivity index (χ3n) is 12.7. The van der Waals surface area contributed by atoms with Crippen molar-refractivity contribution in [2.45, 2.75) is 104 Å². The van der Waals surface area contributed by atoms with Crippen molar-refractivity contribution in [3.8, 4) is 0 Å². The van der Waals surface area contributed by atoms with Gasteiger partial charge in [0.1, 0.15) is 0 Å². The summed E-state index contributed by atoms with van der Waals surface area (Å²) in [6.07, 6.45) is 17.8. The van der Waals surface area contributed by atoms with Crippen molar-refractivity contribution in [2.24, 2.45) is 47.5 Å². The Morgan fingerprint density at radius 3 is 2.72 bits per heavy atom. The Balaban J connectivity index is 1.05. The van der Waals surface area contributed by atoms with Gasteiger partial charge in [0, 0.05) is 45.3 Å². The van der Waals surface area contributed by atoms with Gasteiger partial charge in [0.15, 0.2) is 0 Å². The van der Waals surface area contributed by atoms with E-state index in [4.69, 9.17) is 0 Å². The molecule has 39 heavy (non-hydrogen) atoms. The van der Waals surface area contributed by atoms with E-state index < -0.39 is 0 Å². The fourth-order valence-electron chi connectivity index (χ4n) is 10.5. The zero-order valence-electron chi connectivity index (χ0n) is 25.1. The molecule has 0 aromatic carbocycles. The summed E-state index contributed by atoms with van der Waals surface area (Å²) in [7, 11) is 1.96. The number of aryl methyl sites for hydroxylation is 1. The van der Waals surface area contributed by atoms with Gasteiger partial charge in [0.05, 0.1) is 18.0 Å². The van der Waals surface area contributed by atoms with E-state index in [9.17, 15) is 9.90 Å². The van der Waals surface area contributed by atoms with Crippen LogP contribution in [-0.4, -0.2) is 57.5 Å². The van der Waals surface area contributed by atoms with Crippen molar-refractivity contribution in [1.29, 1.82) is 0 Å². The van der Waals surface area contributed by atoms with Crippen molar-refractivity contribution in [3.63, 3.8) is 0 Å². The average Bonchev–Trinajstić information content (AvgIpc) is 3.50. The highest BCUT2D eigenvalue weighted by Crippen LogP contribution is 2.67. The van der Waals surface area contributed by atoms with E-state index in [0.717, 1.165) is 68.3 Å². The van der Waals surface area contributed by atoms with Gasteiger partial charge in [-0.1, -0.05) is 32.4 Å². The second-order valence-electron chi connectivity index (χ2n) is 14.7. The molecule has 4 fully saturated rings. The third-order valence-corrected chi connectivity index (χ3v) is 12.7. The molecule has 6 heteroatoms. The number of piperazine rings is 1. The highest BCUT2D eigenvalue weighted by atomic mass is 16.3. The van der Waals surface area contributed by atoms with Crippen LogP contribution in [0.25, 0.3) is 0 Å². The molecular formula is C33H52N4O2. The van der Waals surface area contributed by atoms with Crippen LogP contribution in [-0.2, 0) is 11.8 Å². The molecule has 1 aromatic rings. The predicted octanol–water partition coefficient (Wildman–Crippen LogP) is 5.81. The third kappa shape index (κ3) is 4.67. The number of fused-ring (bicyclic) bond motifs is 5. The largest absolute Gasteiger partial charge is 0.393 e. The van der Waals surface area contributed by atoms with Crippen molar-refractivity contribution in [1.82, 2.24) is 14.7 Å². The van der Waals surface area contributed by atoms with Gasteiger partial charge in [-0.2, -0.15) is 5.10 Å². The molecule has 9 atom stereocenters. The van der Waals surface area contributed by atoms with Gasteiger partial charge in [-0.25, -0.2) is 0 Å². The lowest BCUT2D eigenvalue weighted by atomic mass is 9.47. The number of aromatic nitrogens is 2. The number of hydrogen-bond acceptors (Lipinski definition) is 4. The van der Waals surface area contributed by atoms with E-state index in [1.54, 1.807) is 5.57 Å². The highest BCUT2D eigenvalue weighted by Gasteiger charge is 2.59. The van der Waals surface area contributed by atoms with Crippen LogP contribution in [0.5, 0.6) is 0 Å². The van der Waals surface area contributed by atoms with Crippen molar-refractivity contribution < 1.29 is 9.90 Å². The quantitative estimate of drug-likeness (QED) is 0.482. The number of hydrogen-bond donors (Lipinski definition) is 1. The number of aliphatic hydroxyl groups is 1. The molecule has 1 aliphatic heterocycles. The topological polar surface area (TPSA) is 61.6 Å². The van der Waals surface area contributed by atoms with Gasteiger partial charge in [-0.15, -0.1) is 0 Å². The summed E-state index contributed by atoms with van der Waals surface area (Å²) in [6.45, 7) is 12.3. The van der Waals surface area contributed by atoms with E-state index >= 15 is 0 Å². The number of amides is 1. The minimum absolute atomic E-state index is 0.123. The van der Waals surface area contributed by atoms with Gasteiger partial charge < -0.3 is 14.9 Å². The Kier molecular flexibility index (Phi) is 7.17. The normalized spacial score (nSPS) is 40.9. The van der Waals surface area contributed by atoms with E-state index in [1.165, 1.54) is 38.5 Å². The lowest BCUT2D eigenvalue weighted by Gasteiger charge is -2.58. The second kappa shape index (κ2) is 10.2. The summed E-state index contributed by atoms with van der Waals surface area (Å²) in [4.78, 5) is 17.8. The molecule has 3 saturated carbocycles. The van der Waals surface area contributed by atoms with Crippen molar-refractivity contribution in [2.75, 3.05) is 24.5 Å². The van der Waals surface area contributed by atoms with Crippen LogP contribution in [0, 0.1) is 40.4 Å². The van der Waals surface area contributed by atoms with E-state index in [2.05, 4.69) is 54.9 Å². The van der Waals surface area contributed by atoms with Crippen molar-refractivity contribution >= 4 is 11.6 Å². The number of nitrogens with zero attached hydrogens (tertiary/aromatic N) is 4. The number of carbonyl (C=O) groups excluding carboxylic acids is 1. The predicted molar refractivity (Wildman–Crippen MR) is 156 cm³/mol. The molecule has 6 nitrogen and oxygen atoms in total. The van der Waals surface area contributed by atoms with Gasteiger partial charge in [0.25, 0.3) is 0 Å². The summed E-state index contributed by atoms with van der Waals surface area (Å²) in [5, 5.41) is 14.6. The smallest absolute Gasteiger partial charge is 0.222 e. The Hall–Kier alpha value is -1.82. The fourth-order valence-corrected chi connectivity index (χ4v) is 10.5. The molecule has 2 heterocycles. The Morgan fingerprint density at radius 1 is 1.15 bits per heavy atom. The molecule has 1 amide bonds. The Morgan fingerprint density at radius 2 is 1.97 bits per heavy atom. The molecule has 0 bridgehead atoms. The molecule has 5 aliphatic rings. The average molecular weight is 537 g/mol. The molecule has 0 radical (unpaired) electrons. The van der Waals surface area contributed by atoms with Gasteiger partial charge in [-0.3, -0.25) is 9.48 Å². The van der Waals surface area contributed by atoms with Crippen molar-refractivity contribution in [3.05, 3.63) is 24.0 Å². The van der Waals surface area contributed by atoms with Crippen LogP contribution in [0.1, 0.15) is 91.9 Å². The Labute approximate surface area is 236 Å². The maximum Gasteiger partial charge on any atom is 0.222 e. The minimum atomic E-state index is -0.123. The molecule has 4 aliphatic carbocycles. The van der Waals surface area contributed by atoms with Crippen LogP contribution in [0.3, 0.4) is 0 Å².